The number of aliphatic hydroxyl groups is 2. The number of hydrogen-bond donors (Lipinski definition) is 5. The molecule has 4 heterocycles. The summed E-state index contributed by atoms with van der Waals surface area (Å²) in [6.45, 7) is 3.11. The number of amides is 8. The summed E-state index contributed by atoms with van der Waals surface area (Å²) in [7, 11) is 0. The molecule has 2 fully saturated rings. The number of phenolic OH excluding ortho intramolecular Hbond substituents is 1. The molecule has 0 bridgehead atoms. The van der Waals surface area contributed by atoms with Crippen LogP contribution in [0.25, 0.3) is 0 Å². The van der Waals surface area contributed by atoms with Gasteiger partial charge in [0.2, 0.25) is 23.6 Å². The molecular formula is C37H44N4O12. The van der Waals surface area contributed by atoms with Crippen molar-refractivity contribution in [2.75, 3.05) is 19.8 Å². The molecule has 53 heavy (non-hydrogen) atoms. The Hall–Kier alpha value is -5.48. The Bertz CT molecular complexity index is 1750. The van der Waals surface area contributed by atoms with Gasteiger partial charge >= 0.3 is 0 Å². The third-order valence-corrected chi connectivity index (χ3v) is 8.92. The van der Waals surface area contributed by atoms with Crippen LogP contribution in [0.2, 0.25) is 0 Å². The lowest BCUT2D eigenvalue weighted by Gasteiger charge is -2.27. The number of carbonyl (C=O) groups excluding carboxylic acids is 8. The first-order chi connectivity index (χ1) is 25.4. The molecule has 0 saturated carbocycles. The number of hydrogen-bond acceptors (Lipinski definition) is 12. The lowest BCUT2D eigenvalue weighted by Crippen LogP contribution is -2.54. The summed E-state index contributed by atoms with van der Waals surface area (Å²) in [5, 5.41) is 30.7. The maximum absolute atomic E-state index is 12.7. The number of aliphatic hydroxyl groups excluding tert-OH is 2. The third-order valence-electron chi connectivity index (χ3n) is 8.92. The molecule has 2 aromatic carbocycles. The molecule has 6 rings (SSSR count). The molecule has 284 valence electrons. The lowest BCUT2D eigenvalue weighted by molar-refractivity contribution is -0.137. The molecule has 0 spiro atoms. The number of phenols is 1. The minimum atomic E-state index is -0.984. The Labute approximate surface area is 305 Å². The average molecular weight is 737 g/mol. The summed E-state index contributed by atoms with van der Waals surface area (Å²) in [6, 6.07) is 6.53. The molecule has 0 aromatic heterocycles. The smallest absolute Gasteiger partial charge is 0.262 e. The van der Waals surface area contributed by atoms with E-state index in [1.165, 1.54) is 49.6 Å². The van der Waals surface area contributed by atoms with Gasteiger partial charge in [-0.3, -0.25) is 58.8 Å². The molecular weight excluding hydrogens is 692 g/mol. The van der Waals surface area contributed by atoms with Gasteiger partial charge in [0.25, 0.3) is 23.6 Å². The van der Waals surface area contributed by atoms with E-state index in [2.05, 4.69) is 17.6 Å². The van der Waals surface area contributed by atoms with Crippen LogP contribution in [0.3, 0.4) is 0 Å². The van der Waals surface area contributed by atoms with Gasteiger partial charge in [-0.2, -0.15) is 0 Å². The minimum absolute atomic E-state index is 0.0692. The van der Waals surface area contributed by atoms with Crippen molar-refractivity contribution < 1.29 is 58.4 Å². The zero-order valence-electron chi connectivity index (χ0n) is 29.4. The Morgan fingerprint density at radius 2 is 1.09 bits per heavy atom. The van der Waals surface area contributed by atoms with E-state index in [0.29, 0.717) is 25.4 Å². The number of rotatable bonds is 12. The SMILES string of the molecule is CCCCCCO.O=C1CCC(N2C(=O)c3ccc(O)cc3C2=O)C(=O)N1.O=C1CCC(N2C(=O)c3ccc(OCCCCCO)cc3C2=O)C(=O)N1. The van der Waals surface area contributed by atoms with Gasteiger partial charge in [-0.1, -0.05) is 26.2 Å². The van der Waals surface area contributed by atoms with E-state index in [1.54, 1.807) is 6.07 Å². The maximum atomic E-state index is 12.7. The molecule has 16 nitrogen and oxygen atoms in total. The fourth-order valence-electron chi connectivity index (χ4n) is 6.12. The first-order valence-corrected chi connectivity index (χ1v) is 17.7. The number of benzene rings is 2. The van der Waals surface area contributed by atoms with Gasteiger partial charge in [-0.05, 0) is 74.9 Å². The molecule has 4 aliphatic rings. The van der Waals surface area contributed by atoms with Crippen molar-refractivity contribution >= 4 is 47.3 Å². The molecule has 4 aliphatic heterocycles. The summed E-state index contributed by atoms with van der Waals surface area (Å²) in [6.07, 6.45) is 7.41. The first-order valence-electron chi connectivity index (χ1n) is 17.7. The summed E-state index contributed by atoms with van der Waals surface area (Å²) >= 11 is 0. The van der Waals surface area contributed by atoms with Gasteiger partial charge in [0, 0.05) is 26.1 Å². The number of fused-ring (bicyclic) bond motifs is 2. The highest BCUT2D eigenvalue weighted by molar-refractivity contribution is 6.24. The number of imide groups is 4. The number of unbranched alkanes of at least 4 members (excludes halogenated alkanes) is 5. The summed E-state index contributed by atoms with van der Waals surface area (Å²) < 4.78 is 5.59. The van der Waals surface area contributed by atoms with Crippen molar-refractivity contribution in [3.63, 3.8) is 0 Å². The number of aromatic hydroxyl groups is 1. The lowest BCUT2D eigenvalue weighted by atomic mass is 10.0. The van der Waals surface area contributed by atoms with E-state index in [-0.39, 0.29) is 60.3 Å². The number of nitrogens with one attached hydrogen (secondary N) is 2. The maximum Gasteiger partial charge on any atom is 0.262 e. The van der Waals surface area contributed by atoms with E-state index in [4.69, 9.17) is 14.9 Å². The van der Waals surface area contributed by atoms with Crippen LogP contribution in [-0.2, 0) is 19.2 Å². The largest absolute Gasteiger partial charge is 0.508 e. The quantitative estimate of drug-likeness (QED) is 0.155. The van der Waals surface area contributed by atoms with E-state index in [0.717, 1.165) is 29.1 Å². The molecule has 0 radical (unpaired) electrons. The minimum Gasteiger partial charge on any atom is -0.508 e. The van der Waals surface area contributed by atoms with Crippen LogP contribution in [-0.4, -0.2) is 104 Å². The molecule has 2 saturated heterocycles. The second-order valence-electron chi connectivity index (χ2n) is 12.7. The second-order valence-corrected chi connectivity index (χ2v) is 12.7. The van der Waals surface area contributed by atoms with E-state index in [1.807, 2.05) is 0 Å². The van der Waals surface area contributed by atoms with Crippen LogP contribution >= 0.6 is 0 Å². The standard InChI is InChI=1S/C18H20N2O6.C13H10N2O5.C6H14O/c21-8-2-1-3-9-26-11-4-5-12-13(10-11)18(25)20(17(12)24)14-6-7-15(22)19-16(14)23;16-6-1-2-7-8(5-6)13(20)15(12(7)19)9-3-4-10(17)14-11(9)18;1-2-3-4-5-6-7/h4-5,10,14,21H,1-3,6-9H2,(H,19,22,23);1-2,5,9,16H,3-4H2,(H,14,17,18);7H,2-6H2,1H3. The van der Waals surface area contributed by atoms with E-state index >= 15 is 0 Å². The fourth-order valence-corrected chi connectivity index (χ4v) is 6.12. The number of ether oxygens (including phenoxy) is 1. The van der Waals surface area contributed by atoms with Crippen molar-refractivity contribution in [2.24, 2.45) is 0 Å². The highest BCUT2D eigenvalue weighted by Gasteiger charge is 2.46. The predicted molar refractivity (Wildman–Crippen MR) is 186 cm³/mol. The molecule has 8 amide bonds. The Morgan fingerprint density at radius 1 is 0.623 bits per heavy atom. The second kappa shape index (κ2) is 18.8. The zero-order chi connectivity index (χ0) is 38.7. The van der Waals surface area contributed by atoms with Crippen molar-refractivity contribution in [1.82, 2.24) is 20.4 Å². The summed E-state index contributed by atoms with van der Waals surface area (Å²) in [4.78, 5) is 97.6. The summed E-state index contributed by atoms with van der Waals surface area (Å²) in [5.41, 5.74) is 0.650. The Balaban J connectivity index is 0.000000205. The van der Waals surface area contributed by atoms with Crippen LogP contribution < -0.4 is 15.4 Å². The van der Waals surface area contributed by atoms with E-state index in [9.17, 15) is 43.5 Å². The molecule has 5 N–H and O–H groups in total. The van der Waals surface area contributed by atoms with Crippen molar-refractivity contribution in [3.05, 3.63) is 58.7 Å². The van der Waals surface area contributed by atoms with Crippen molar-refractivity contribution in [2.45, 2.75) is 89.6 Å². The first kappa shape index (κ1) is 40.3. The van der Waals surface area contributed by atoms with Crippen LogP contribution in [0.4, 0.5) is 0 Å². The van der Waals surface area contributed by atoms with Crippen LogP contribution in [0.1, 0.15) is 119 Å². The molecule has 16 heteroatoms. The normalized spacial score (nSPS) is 19.2. The van der Waals surface area contributed by atoms with Gasteiger partial charge in [0.15, 0.2) is 0 Å². The van der Waals surface area contributed by atoms with Gasteiger partial charge < -0.3 is 20.1 Å². The van der Waals surface area contributed by atoms with Gasteiger partial charge in [-0.25, -0.2) is 0 Å². The number of carbonyl (C=O) groups is 8. The Kier molecular flexibility index (Phi) is 14.3. The zero-order valence-corrected chi connectivity index (χ0v) is 29.4. The highest BCUT2D eigenvalue weighted by atomic mass is 16.5. The number of piperidine rings is 2. The third kappa shape index (κ3) is 9.70. The van der Waals surface area contributed by atoms with E-state index < -0.39 is 59.3 Å². The predicted octanol–water partition coefficient (Wildman–Crippen LogP) is 1.98. The van der Waals surface area contributed by atoms with Crippen LogP contribution in [0, 0.1) is 0 Å². The molecule has 2 aromatic rings. The van der Waals surface area contributed by atoms with Crippen molar-refractivity contribution in [3.8, 4) is 11.5 Å². The number of nitrogens with zero attached hydrogens (tertiary/aromatic N) is 2. The Morgan fingerprint density at radius 3 is 1.58 bits per heavy atom. The van der Waals surface area contributed by atoms with Gasteiger partial charge in [-0.15, -0.1) is 0 Å². The van der Waals surface area contributed by atoms with Gasteiger partial charge in [0.1, 0.15) is 23.6 Å². The topological polar surface area (TPSA) is 237 Å². The highest BCUT2D eigenvalue weighted by Crippen LogP contribution is 2.31. The van der Waals surface area contributed by atoms with Gasteiger partial charge in [0.05, 0.1) is 28.9 Å². The monoisotopic (exact) mass is 736 g/mol. The van der Waals surface area contributed by atoms with Crippen LogP contribution in [0.5, 0.6) is 11.5 Å². The van der Waals surface area contributed by atoms with Crippen molar-refractivity contribution in [1.29, 1.82) is 0 Å². The molecule has 2 atom stereocenters. The average Bonchev–Trinajstić information content (AvgIpc) is 3.52. The molecule has 2 unspecified atom stereocenters. The fraction of sp³-hybridized carbons (Fsp3) is 0.459. The van der Waals surface area contributed by atoms with Crippen LogP contribution in [0.15, 0.2) is 36.4 Å². The summed E-state index contributed by atoms with van der Waals surface area (Å²) in [5.74, 6) is -4.06. The molecule has 0 aliphatic carbocycles.